The highest BCUT2D eigenvalue weighted by Crippen LogP contribution is 2.35. The molecule has 0 amide bonds. The van der Waals surface area contributed by atoms with E-state index in [4.69, 9.17) is 5.73 Å². The van der Waals surface area contributed by atoms with Gasteiger partial charge in [0.2, 0.25) is 0 Å². The quantitative estimate of drug-likeness (QED) is 0.872. The second-order valence-corrected chi connectivity index (χ2v) is 7.67. The Hall–Kier alpha value is -0.230. The van der Waals surface area contributed by atoms with E-state index >= 15 is 0 Å². The summed E-state index contributed by atoms with van der Waals surface area (Å²) in [6.07, 6.45) is 2.63. The number of nitrogens with two attached hydrogens (primary N) is 1. The molecule has 0 aromatic carbocycles. The lowest BCUT2D eigenvalue weighted by Crippen LogP contribution is -2.13. The van der Waals surface area contributed by atoms with E-state index in [2.05, 4.69) is 49.0 Å². The molecule has 0 aliphatic heterocycles. The Morgan fingerprint density at radius 3 is 2.71 bits per heavy atom. The molecule has 0 radical (unpaired) electrons. The van der Waals surface area contributed by atoms with Gasteiger partial charge in [-0.25, -0.2) is 0 Å². The van der Waals surface area contributed by atoms with Crippen LogP contribution in [0.1, 0.15) is 22.9 Å². The van der Waals surface area contributed by atoms with Gasteiger partial charge in [-0.1, -0.05) is 6.07 Å². The average molecular weight is 376 g/mol. The third-order valence-electron chi connectivity index (χ3n) is 2.48. The van der Waals surface area contributed by atoms with Gasteiger partial charge in [-0.15, -0.1) is 11.3 Å². The SMILES string of the molecule is Cc1ccc(CC(N)c2cc(Br)sc2Br)nc1. The summed E-state index contributed by atoms with van der Waals surface area (Å²) in [6.45, 7) is 2.03. The molecule has 0 bridgehead atoms. The van der Waals surface area contributed by atoms with Gasteiger partial charge >= 0.3 is 0 Å². The van der Waals surface area contributed by atoms with Crippen molar-refractivity contribution >= 4 is 43.2 Å². The first-order valence-electron chi connectivity index (χ1n) is 5.18. The molecule has 0 saturated heterocycles. The van der Waals surface area contributed by atoms with Crippen molar-refractivity contribution in [1.29, 1.82) is 0 Å². The fourth-order valence-electron chi connectivity index (χ4n) is 1.56. The Bertz CT molecular complexity index is 508. The van der Waals surface area contributed by atoms with E-state index in [1.807, 2.05) is 19.2 Å². The predicted molar refractivity (Wildman–Crippen MR) is 79.3 cm³/mol. The Labute approximate surface area is 122 Å². The maximum Gasteiger partial charge on any atom is 0.0758 e. The number of hydrogen-bond donors (Lipinski definition) is 1. The van der Waals surface area contributed by atoms with Crippen LogP contribution in [0, 0.1) is 6.92 Å². The van der Waals surface area contributed by atoms with E-state index in [1.54, 1.807) is 11.3 Å². The molecule has 17 heavy (non-hydrogen) atoms. The van der Waals surface area contributed by atoms with Gasteiger partial charge in [0.15, 0.2) is 0 Å². The molecule has 2 aromatic rings. The van der Waals surface area contributed by atoms with Gasteiger partial charge in [-0.05, 0) is 62.0 Å². The molecule has 2 aromatic heterocycles. The summed E-state index contributed by atoms with van der Waals surface area (Å²) in [5.74, 6) is 0. The zero-order valence-corrected chi connectivity index (χ0v) is 13.3. The minimum Gasteiger partial charge on any atom is -0.324 e. The average Bonchev–Trinajstić information content (AvgIpc) is 2.61. The minimum absolute atomic E-state index is 0.0258. The third kappa shape index (κ3) is 3.37. The number of hydrogen-bond acceptors (Lipinski definition) is 3. The molecule has 90 valence electrons. The van der Waals surface area contributed by atoms with Crippen LogP contribution >= 0.6 is 43.2 Å². The molecule has 0 fully saturated rings. The van der Waals surface area contributed by atoms with Crippen LogP contribution in [0.4, 0.5) is 0 Å². The summed E-state index contributed by atoms with van der Waals surface area (Å²) in [5, 5.41) is 0. The normalized spacial score (nSPS) is 12.7. The lowest BCUT2D eigenvalue weighted by molar-refractivity contribution is 0.706. The summed E-state index contributed by atoms with van der Waals surface area (Å²) < 4.78 is 2.18. The van der Waals surface area contributed by atoms with Gasteiger partial charge in [0.25, 0.3) is 0 Å². The number of aryl methyl sites for hydroxylation is 1. The Kier molecular flexibility index (Phi) is 4.36. The summed E-state index contributed by atoms with van der Waals surface area (Å²) in [5.41, 5.74) is 9.52. The standard InChI is InChI=1S/C12H12Br2N2S/c1-7-2-3-8(16-6-7)4-10(15)9-5-11(13)17-12(9)14/h2-3,5-6,10H,4,15H2,1H3. The van der Waals surface area contributed by atoms with Crippen LogP contribution in [-0.4, -0.2) is 4.98 Å². The third-order valence-corrected chi connectivity index (χ3v) is 4.87. The van der Waals surface area contributed by atoms with Gasteiger partial charge in [-0.2, -0.15) is 0 Å². The largest absolute Gasteiger partial charge is 0.324 e. The van der Waals surface area contributed by atoms with E-state index in [0.717, 1.165) is 25.3 Å². The Morgan fingerprint density at radius 1 is 1.41 bits per heavy atom. The first kappa shape index (κ1) is 13.2. The van der Waals surface area contributed by atoms with Crippen LogP contribution < -0.4 is 5.73 Å². The molecule has 1 atom stereocenters. The molecule has 1 unspecified atom stereocenters. The Balaban J connectivity index is 2.14. The first-order chi connectivity index (χ1) is 8.06. The number of halogens is 2. The number of nitrogens with zero attached hydrogens (tertiary/aromatic N) is 1. The van der Waals surface area contributed by atoms with Crippen molar-refractivity contribution < 1.29 is 0 Å². The van der Waals surface area contributed by atoms with Crippen molar-refractivity contribution in [3.8, 4) is 0 Å². The molecule has 0 aliphatic carbocycles. The van der Waals surface area contributed by atoms with Gasteiger partial charge in [0.05, 0.1) is 7.57 Å². The molecule has 2 rings (SSSR count). The molecular weight excluding hydrogens is 364 g/mol. The van der Waals surface area contributed by atoms with Crippen LogP contribution in [0.5, 0.6) is 0 Å². The van der Waals surface area contributed by atoms with E-state index in [-0.39, 0.29) is 6.04 Å². The first-order valence-corrected chi connectivity index (χ1v) is 7.58. The van der Waals surface area contributed by atoms with Crippen molar-refractivity contribution in [3.63, 3.8) is 0 Å². The number of aromatic nitrogens is 1. The van der Waals surface area contributed by atoms with E-state index in [9.17, 15) is 0 Å². The van der Waals surface area contributed by atoms with Crippen molar-refractivity contribution in [2.45, 2.75) is 19.4 Å². The van der Waals surface area contributed by atoms with Gasteiger partial charge < -0.3 is 5.73 Å². The summed E-state index contributed by atoms with van der Waals surface area (Å²) in [6, 6.07) is 6.13. The molecule has 0 spiro atoms. The fourth-order valence-corrected chi connectivity index (χ4v) is 4.56. The Morgan fingerprint density at radius 2 is 2.18 bits per heavy atom. The van der Waals surface area contributed by atoms with Gasteiger partial charge in [0, 0.05) is 24.4 Å². The van der Waals surface area contributed by atoms with Crippen LogP contribution in [-0.2, 0) is 6.42 Å². The number of thiophene rings is 1. The maximum absolute atomic E-state index is 6.20. The maximum atomic E-state index is 6.20. The van der Waals surface area contributed by atoms with Crippen LogP contribution in [0.3, 0.4) is 0 Å². The van der Waals surface area contributed by atoms with E-state index < -0.39 is 0 Å². The number of rotatable bonds is 3. The lowest BCUT2D eigenvalue weighted by atomic mass is 10.1. The highest BCUT2D eigenvalue weighted by atomic mass is 79.9. The van der Waals surface area contributed by atoms with Crippen molar-refractivity contribution in [1.82, 2.24) is 4.98 Å². The van der Waals surface area contributed by atoms with Crippen LogP contribution in [0.2, 0.25) is 0 Å². The molecule has 0 aliphatic rings. The highest BCUT2D eigenvalue weighted by Gasteiger charge is 2.14. The second-order valence-electron chi connectivity index (χ2n) is 3.92. The monoisotopic (exact) mass is 374 g/mol. The molecule has 5 heteroatoms. The topological polar surface area (TPSA) is 38.9 Å². The zero-order valence-electron chi connectivity index (χ0n) is 9.28. The molecule has 0 saturated carbocycles. The minimum atomic E-state index is -0.0258. The van der Waals surface area contributed by atoms with Crippen molar-refractivity contribution in [2.24, 2.45) is 5.73 Å². The summed E-state index contributed by atoms with van der Waals surface area (Å²) >= 11 is 8.64. The van der Waals surface area contributed by atoms with Crippen LogP contribution in [0.15, 0.2) is 32.0 Å². The molecule has 2 N–H and O–H groups in total. The molecular formula is C12H12Br2N2S. The zero-order chi connectivity index (χ0) is 12.4. The highest BCUT2D eigenvalue weighted by molar-refractivity contribution is 9.12. The number of pyridine rings is 1. The van der Waals surface area contributed by atoms with Gasteiger partial charge in [0.1, 0.15) is 0 Å². The molecule has 2 heterocycles. The lowest BCUT2D eigenvalue weighted by Gasteiger charge is -2.10. The summed E-state index contributed by atoms with van der Waals surface area (Å²) in [4.78, 5) is 4.38. The fraction of sp³-hybridized carbons (Fsp3) is 0.250. The van der Waals surface area contributed by atoms with Crippen molar-refractivity contribution in [3.05, 3.63) is 48.8 Å². The predicted octanol–water partition coefficient (Wildman–Crippen LogP) is 4.22. The van der Waals surface area contributed by atoms with Gasteiger partial charge in [-0.3, -0.25) is 4.98 Å². The summed E-state index contributed by atoms with van der Waals surface area (Å²) in [7, 11) is 0. The van der Waals surface area contributed by atoms with E-state index in [0.29, 0.717) is 0 Å². The molecule has 2 nitrogen and oxygen atoms in total. The van der Waals surface area contributed by atoms with Crippen LogP contribution in [0.25, 0.3) is 0 Å². The van der Waals surface area contributed by atoms with Crippen molar-refractivity contribution in [2.75, 3.05) is 0 Å². The second kappa shape index (κ2) is 5.61. The van der Waals surface area contributed by atoms with E-state index in [1.165, 1.54) is 5.56 Å². The smallest absolute Gasteiger partial charge is 0.0758 e.